The summed E-state index contributed by atoms with van der Waals surface area (Å²) in [4.78, 5) is 37.7. The van der Waals surface area contributed by atoms with Gasteiger partial charge < -0.3 is 19.4 Å². The van der Waals surface area contributed by atoms with Crippen LogP contribution in [0.2, 0.25) is 0 Å². The summed E-state index contributed by atoms with van der Waals surface area (Å²) >= 11 is 0. The van der Waals surface area contributed by atoms with Crippen molar-refractivity contribution in [2.45, 2.75) is 309 Å². The third-order valence-electron chi connectivity index (χ3n) is 14.0. The molecule has 0 saturated heterocycles. The molecule has 0 aromatic rings. The summed E-state index contributed by atoms with van der Waals surface area (Å²) in [5, 5.41) is 3.05. The molecular formula is C64H122N2O7P+. The average molecular weight is 1060 g/mol. The third-order valence-corrected chi connectivity index (χ3v) is 15.0. The van der Waals surface area contributed by atoms with Gasteiger partial charge in [0, 0.05) is 12.8 Å². The van der Waals surface area contributed by atoms with Gasteiger partial charge in [-0.05, 0) is 89.5 Å². The van der Waals surface area contributed by atoms with E-state index in [0.29, 0.717) is 17.4 Å². The Hall–Kier alpha value is -2.03. The molecule has 0 aliphatic rings. The molecular weight excluding hydrogens is 940 g/mol. The maximum absolute atomic E-state index is 13.5. The van der Waals surface area contributed by atoms with Gasteiger partial charge in [0.25, 0.3) is 0 Å². The monoisotopic (exact) mass is 1060 g/mol. The molecule has 0 saturated carbocycles. The topological polar surface area (TPSA) is 111 Å². The number of nitrogens with zero attached hydrogens (tertiary/aromatic N) is 1. The van der Waals surface area contributed by atoms with Gasteiger partial charge >= 0.3 is 13.8 Å². The van der Waals surface area contributed by atoms with Crippen LogP contribution in [0.15, 0.2) is 48.6 Å². The van der Waals surface area contributed by atoms with Crippen molar-refractivity contribution in [3.05, 3.63) is 48.6 Å². The Labute approximate surface area is 458 Å². The Morgan fingerprint density at radius 3 is 1.27 bits per heavy atom. The molecule has 1 amide bonds. The molecule has 0 aromatic carbocycles. The van der Waals surface area contributed by atoms with Gasteiger partial charge in [-0.1, -0.05) is 243 Å². The fourth-order valence-electron chi connectivity index (χ4n) is 9.08. The van der Waals surface area contributed by atoms with Crippen LogP contribution < -0.4 is 5.32 Å². The van der Waals surface area contributed by atoms with Crippen molar-refractivity contribution in [2.75, 3.05) is 40.9 Å². The Balaban J connectivity index is 5.13. The maximum atomic E-state index is 13.5. The van der Waals surface area contributed by atoms with Gasteiger partial charge in [-0.25, -0.2) is 4.57 Å². The first-order chi connectivity index (χ1) is 35.9. The van der Waals surface area contributed by atoms with Crippen LogP contribution in [0.5, 0.6) is 0 Å². The van der Waals surface area contributed by atoms with Gasteiger partial charge in [0.1, 0.15) is 19.3 Å². The summed E-state index contributed by atoms with van der Waals surface area (Å²) in [6.45, 7) is 6.99. The molecule has 434 valence electrons. The summed E-state index contributed by atoms with van der Waals surface area (Å²) < 4.78 is 30.7. The molecule has 0 rings (SSSR count). The van der Waals surface area contributed by atoms with Crippen molar-refractivity contribution in [2.24, 2.45) is 0 Å². The van der Waals surface area contributed by atoms with Crippen LogP contribution in [0, 0.1) is 0 Å². The second-order valence-corrected chi connectivity index (χ2v) is 24.0. The number of hydrogen-bond acceptors (Lipinski definition) is 6. The number of ether oxygens (including phenoxy) is 1. The molecule has 0 aliphatic carbocycles. The van der Waals surface area contributed by atoms with E-state index in [2.05, 4.69) is 62.5 Å². The normalized spacial score (nSPS) is 14.0. The molecule has 2 N–H and O–H groups in total. The van der Waals surface area contributed by atoms with Crippen molar-refractivity contribution >= 4 is 19.7 Å². The first-order valence-electron chi connectivity index (χ1n) is 31.5. The van der Waals surface area contributed by atoms with Gasteiger partial charge in [-0.15, -0.1) is 0 Å². The molecule has 74 heavy (non-hydrogen) atoms. The minimum Gasteiger partial charge on any atom is -0.456 e. The van der Waals surface area contributed by atoms with Crippen molar-refractivity contribution in [3.8, 4) is 0 Å². The fraction of sp³-hybridized carbons (Fsp3) is 0.844. The number of unbranched alkanes of at least 4 members (excludes halogenated alkanes) is 35. The maximum Gasteiger partial charge on any atom is 0.472 e. The largest absolute Gasteiger partial charge is 0.472 e. The lowest BCUT2D eigenvalue weighted by molar-refractivity contribution is -0.870. The number of carbonyl (C=O) groups is 2. The number of hydrogen-bond donors (Lipinski definition) is 2. The van der Waals surface area contributed by atoms with Crippen LogP contribution in [0.4, 0.5) is 0 Å². The van der Waals surface area contributed by atoms with Crippen LogP contribution >= 0.6 is 7.82 Å². The van der Waals surface area contributed by atoms with Gasteiger partial charge in [-0.2, -0.15) is 0 Å². The van der Waals surface area contributed by atoms with E-state index in [9.17, 15) is 19.0 Å². The molecule has 0 heterocycles. The van der Waals surface area contributed by atoms with E-state index < -0.39 is 20.0 Å². The zero-order valence-corrected chi connectivity index (χ0v) is 50.5. The van der Waals surface area contributed by atoms with Crippen LogP contribution in [0.1, 0.15) is 297 Å². The van der Waals surface area contributed by atoms with E-state index in [1.54, 1.807) is 0 Å². The highest BCUT2D eigenvalue weighted by atomic mass is 31.2. The van der Waals surface area contributed by atoms with E-state index in [1.807, 2.05) is 33.3 Å². The summed E-state index contributed by atoms with van der Waals surface area (Å²) in [5.74, 6) is -0.517. The van der Waals surface area contributed by atoms with Crippen molar-refractivity contribution < 1.29 is 37.3 Å². The smallest absolute Gasteiger partial charge is 0.456 e. The lowest BCUT2D eigenvalue weighted by Crippen LogP contribution is -2.47. The molecule has 0 aliphatic heterocycles. The van der Waals surface area contributed by atoms with Crippen molar-refractivity contribution in [1.82, 2.24) is 5.32 Å². The first-order valence-corrected chi connectivity index (χ1v) is 33.0. The van der Waals surface area contributed by atoms with Gasteiger partial charge in [-0.3, -0.25) is 18.6 Å². The third kappa shape index (κ3) is 54.7. The molecule has 3 atom stereocenters. The Morgan fingerprint density at radius 2 is 0.824 bits per heavy atom. The standard InChI is InChI=1S/C64H121N2O7P/c1-7-10-13-16-19-22-25-27-29-30-31-32-33-34-35-36-37-38-41-44-47-50-53-56-63(67)65-61(60-72-74(69,70)71-59-58-66(4,5)6)62(55-52-49-46-43-40-24-21-18-15-12-9-3)73-64(68)57-54-51-48-45-42-39-28-26-23-20-17-14-11-8-2/h19,22,27,29,39,42,52,55,61-62H,7-18,20-21,23-26,28,30-38,40-41,43-51,53-54,56-60H2,1-6H3,(H-,65,67,69,70)/p+1/b22-19-,29-27-,42-39-,55-52-. The fourth-order valence-corrected chi connectivity index (χ4v) is 9.82. The predicted octanol–water partition coefficient (Wildman–Crippen LogP) is 19.3. The van der Waals surface area contributed by atoms with Gasteiger partial charge in [0.05, 0.1) is 33.8 Å². The summed E-state index contributed by atoms with van der Waals surface area (Å²) in [5.41, 5.74) is 0. The molecule has 10 heteroatoms. The average Bonchev–Trinajstić information content (AvgIpc) is 3.36. The number of phosphoric acid groups is 1. The number of phosphoric ester groups is 1. The Bertz CT molecular complexity index is 1410. The molecule has 0 bridgehead atoms. The van der Waals surface area contributed by atoms with Crippen molar-refractivity contribution in [3.63, 3.8) is 0 Å². The number of rotatable bonds is 57. The molecule has 0 spiro atoms. The van der Waals surface area contributed by atoms with Crippen LogP contribution in [-0.2, 0) is 27.9 Å². The number of esters is 1. The van der Waals surface area contributed by atoms with E-state index >= 15 is 0 Å². The molecule has 0 radical (unpaired) electrons. The van der Waals surface area contributed by atoms with E-state index in [4.69, 9.17) is 13.8 Å². The predicted molar refractivity (Wildman–Crippen MR) is 319 cm³/mol. The number of likely N-dealkylation sites (N-methyl/N-ethyl adjacent to an activating group) is 1. The number of quaternary nitrogens is 1. The lowest BCUT2D eigenvalue weighted by Gasteiger charge is -2.27. The number of nitrogens with one attached hydrogen (secondary N) is 1. The summed E-state index contributed by atoms with van der Waals surface area (Å²) in [6, 6.07) is -0.852. The quantitative estimate of drug-likeness (QED) is 0.0205. The zero-order valence-electron chi connectivity index (χ0n) is 49.6. The van der Waals surface area contributed by atoms with Crippen LogP contribution in [-0.4, -0.2) is 74.3 Å². The molecule has 0 fully saturated rings. The number of allylic oxidation sites excluding steroid dienone is 7. The summed E-state index contributed by atoms with van der Waals surface area (Å²) in [6.07, 6.45) is 66.8. The minimum absolute atomic E-state index is 0.0386. The van der Waals surface area contributed by atoms with Crippen LogP contribution in [0.25, 0.3) is 0 Å². The Morgan fingerprint density at radius 1 is 0.473 bits per heavy atom. The summed E-state index contributed by atoms with van der Waals surface area (Å²) in [7, 11) is 1.49. The van der Waals surface area contributed by atoms with E-state index in [0.717, 1.165) is 77.0 Å². The molecule has 3 unspecified atom stereocenters. The Kier molecular flexibility index (Phi) is 52.8. The van der Waals surface area contributed by atoms with E-state index in [-0.39, 0.29) is 31.5 Å². The molecule has 0 aromatic heterocycles. The first kappa shape index (κ1) is 72.0. The van der Waals surface area contributed by atoms with Gasteiger partial charge in [0.15, 0.2) is 0 Å². The highest BCUT2D eigenvalue weighted by Crippen LogP contribution is 2.43. The highest BCUT2D eigenvalue weighted by Gasteiger charge is 2.30. The molecule has 9 nitrogen and oxygen atoms in total. The minimum atomic E-state index is -4.45. The second kappa shape index (κ2) is 54.3. The lowest BCUT2D eigenvalue weighted by atomic mass is 10.0. The zero-order chi connectivity index (χ0) is 54.3. The van der Waals surface area contributed by atoms with E-state index in [1.165, 1.54) is 186 Å². The number of carbonyl (C=O) groups excluding carboxylic acids is 2. The van der Waals surface area contributed by atoms with Crippen molar-refractivity contribution in [1.29, 1.82) is 0 Å². The second-order valence-electron chi connectivity index (χ2n) is 22.6. The number of amides is 1. The van der Waals surface area contributed by atoms with Gasteiger partial charge in [0.2, 0.25) is 5.91 Å². The highest BCUT2D eigenvalue weighted by molar-refractivity contribution is 7.47. The van der Waals surface area contributed by atoms with Crippen LogP contribution in [0.3, 0.4) is 0 Å². The SMILES string of the molecule is CCCCC/C=C\C/C=C\CCCCCCCCCCCCCCCC(=O)NC(COP(=O)(O)OCC[N+](C)(C)C)C(/C=C\CCCCCCCCCCC)OC(=O)CCCCC/C=C\CCCCCCCCC.